The van der Waals surface area contributed by atoms with Crippen molar-refractivity contribution in [2.24, 2.45) is 0 Å². The maximum atomic E-state index is 12.3. The molecular weight excluding hydrogens is 576 g/mol. The van der Waals surface area contributed by atoms with Gasteiger partial charge < -0.3 is 29.4 Å². The van der Waals surface area contributed by atoms with E-state index in [1.54, 1.807) is 0 Å². The Balaban J connectivity index is 1.53. The molecule has 0 atom stereocenters. The number of carbonyl (C=O) groups is 2. The van der Waals surface area contributed by atoms with Crippen molar-refractivity contribution in [1.29, 1.82) is 0 Å². The number of fused-ring (bicyclic) bond motifs is 8. The van der Waals surface area contributed by atoms with E-state index >= 15 is 0 Å². The number of rotatable bonds is 8. The number of nitrogens with one attached hydrogen (secondary N) is 4. The summed E-state index contributed by atoms with van der Waals surface area (Å²) in [7, 11) is 2.87. The third-order valence-electron chi connectivity index (χ3n) is 10.4. The van der Waals surface area contributed by atoms with E-state index in [0.29, 0.717) is 31.1 Å². The Hall–Kier alpha value is -4.46. The lowest BCUT2D eigenvalue weighted by molar-refractivity contribution is -0.141. The van der Waals surface area contributed by atoms with Gasteiger partial charge in [-0.25, -0.2) is 0 Å². The molecule has 7 rings (SSSR count). The molecule has 0 unspecified atom stereocenters. The van der Waals surface area contributed by atoms with Gasteiger partial charge in [-0.1, -0.05) is 0 Å². The number of aromatic nitrogens is 4. The minimum Gasteiger partial charge on any atom is -0.469 e. The molecule has 8 bridgehead atoms. The van der Waals surface area contributed by atoms with E-state index < -0.39 is 0 Å². The maximum Gasteiger partial charge on any atom is 0.305 e. The normalized spacial score (nSPS) is 15.4. The van der Waals surface area contributed by atoms with Crippen LogP contribution in [0.2, 0.25) is 0 Å². The summed E-state index contributed by atoms with van der Waals surface area (Å²) in [5.41, 5.74) is 14.1. The number of hydrogen-bond donors (Lipinski definition) is 4. The average molecular weight is 621 g/mol. The highest BCUT2D eigenvalue weighted by molar-refractivity contribution is 5.71. The van der Waals surface area contributed by atoms with Gasteiger partial charge in [0.2, 0.25) is 0 Å². The topological polar surface area (TPSA) is 116 Å². The fourth-order valence-corrected chi connectivity index (χ4v) is 7.39. The average Bonchev–Trinajstić information content (AvgIpc) is 3.95. The van der Waals surface area contributed by atoms with E-state index in [1.807, 2.05) is 0 Å². The van der Waals surface area contributed by atoms with Crippen molar-refractivity contribution < 1.29 is 19.1 Å². The van der Waals surface area contributed by atoms with Gasteiger partial charge in [-0.3, -0.25) is 9.59 Å². The van der Waals surface area contributed by atoms with Crippen molar-refractivity contribution in [2.75, 3.05) is 14.2 Å². The number of aromatic amines is 4. The molecule has 0 radical (unpaired) electrons. The van der Waals surface area contributed by atoms with E-state index in [-0.39, 0.29) is 18.4 Å². The SMILES string of the molecule is COC(=O)CCc1c2[nH]c(c1C)C=c1[nH]c(c(C3CC3)c1C)=Cc1[nH]c(c(C3CC3)c1C)C=c1[nH]c(c(CCC(=O)OC)c1C)=C2. The molecule has 4 N–H and O–H groups in total. The Bertz CT molecular complexity index is 2130. The summed E-state index contributed by atoms with van der Waals surface area (Å²) in [6, 6.07) is 0. The van der Waals surface area contributed by atoms with E-state index in [2.05, 4.69) is 71.9 Å². The monoisotopic (exact) mass is 620 g/mol. The van der Waals surface area contributed by atoms with Crippen LogP contribution < -0.4 is 21.4 Å². The van der Waals surface area contributed by atoms with Gasteiger partial charge in [0, 0.05) is 57.0 Å². The summed E-state index contributed by atoms with van der Waals surface area (Å²) in [4.78, 5) is 39.6. The first-order chi connectivity index (χ1) is 22.2. The molecule has 8 nitrogen and oxygen atoms in total. The summed E-state index contributed by atoms with van der Waals surface area (Å²) < 4.78 is 10.00. The molecule has 2 aliphatic carbocycles. The van der Waals surface area contributed by atoms with E-state index in [0.717, 1.165) is 61.1 Å². The van der Waals surface area contributed by atoms with Crippen molar-refractivity contribution in [1.82, 2.24) is 19.9 Å². The lowest BCUT2D eigenvalue weighted by Crippen LogP contribution is -2.14. The van der Waals surface area contributed by atoms with E-state index in [4.69, 9.17) is 9.47 Å². The zero-order valence-electron chi connectivity index (χ0n) is 27.8. The molecule has 0 amide bonds. The molecule has 3 aliphatic rings. The molecule has 0 saturated heterocycles. The first-order valence-corrected chi connectivity index (χ1v) is 16.6. The molecule has 46 heavy (non-hydrogen) atoms. The highest BCUT2D eigenvalue weighted by Crippen LogP contribution is 2.44. The lowest BCUT2D eigenvalue weighted by atomic mass is 10.0. The molecule has 4 aromatic heterocycles. The van der Waals surface area contributed by atoms with Crippen molar-refractivity contribution in [2.45, 2.75) is 90.9 Å². The second-order valence-corrected chi connectivity index (χ2v) is 13.4. The van der Waals surface area contributed by atoms with Gasteiger partial charge >= 0.3 is 11.9 Å². The first-order valence-electron chi connectivity index (χ1n) is 16.6. The molecule has 4 aromatic rings. The Kier molecular flexibility index (Phi) is 7.70. The molecule has 2 fully saturated rings. The maximum absolute atomic E-state index is 12.3. The molecule has 240 valence electrons. The molecule has 0 spiro atoms. The number of hydrogen-bond acceptors (Lipinski definition) is 4. The van der Waals surface area contributed by atoms with Crippen LogP contribution in [0.25, 0.3) is 24.3 Å². The summed E-state index contributed by atoms with van der Waals surface area (Å²) in [5, 5.41) is 4.26. The Morgan fingerprint density at radius 3 is 1.72 bits per heavy atom. The summed E-state index contributed by atoms with van der Waals surface area (Å²) >= 11 is 0. The van der Waals surface area contributed by atoms with Gasteiger partial charge in [0.1, 0.15) is 0 Å². The lowest BCUT2D eigenvalue weighted by Gasteiger charge is -2.03. The van der Waals surface area contributed by atoms with Crippen LogP contribution in [0.4, 0.5) is 0 Å². The quantitative estimate of drug-likeness (QED) is 0.198. The Labute approximate surface area is 268 Å². The molecule has 2 saturated carbocycles. The van der Waals surface area contributed by atoms with Crippen LogP contribution in [0.3, 0.4) is 0 Å². The van der Waals surface area contributed by atoms with Crippen molar-refractivity contribution in [3.05, 3.63) is 88.7 Å². The van der Waals surface area contributed by atoms with Crippen LogP contribution in [0, 0.1) is 27.7 Å². The highest BCUT2D eigenvalue weighted by Gasteiger charge is 2.31. The van der Waals surface area contributed by atoms with Gasteiger partial charge in [-0.2, -0.15) is 0 Å². The van der Waals surface area contributed by atoms with E-state index in [1.165, 1.54) is 67.5 Å². The molecule has 8 heteroatoms. The summed E-state index contributed by atoms with van der Waals surface area (Å²) in [5.74, 6) is 0.692. The Morgan fingerprint density at radius 1 is 0.565 bits per heavy atom. The van der Waals surface area contributed by atoms with Crippen LogP contribution in [0.1, 0.15) is 118 Å². The Morgan fingerprint density at radius 2 is 1.07 bits per heavy atom. The zero-order chi connectivity index (χ0) is 32.3. The van der Waals surface area contributed by atoms with Crippen molar-refractivity contribution in [3.63, 3.8) is 0 Å². The van der Waals surface area contributed by atoms with Crippen LogP contribution in [0.5, 0.6) is 0 Å². The van der Waals surface area contributed by atoms with Gasteiger partial charge in [-0.05, 0) is 147 Å². The number of carbonyl (C=O) groups excluding carboxylic acids is 2. The van der Waals surface area contributed by atoms with Crippen LogP contribution in [-0.4, -0.2) is 46.1 Å². The second-order valence-electron chi connectivity index (χ2n) is 13.4. The summed E-state index contributed by atoms with van der Waals surface area (Å²) in [6.45, 7) is 8.73. The third kappa shape index (κ3) is 5.48. The van der Waals surface area contributed by atoms with Gasteiger partial charge in [0.25, 0.3) is 0 Å². The third-order valence-corrected chi connectivity index (χ3v) is 10.4. The molecular formula is C38H44N4O4. The minimum absolute atomic E-state index is 0.232. The molecule has 0 aromatic carbocycles. The van der Waals surface area contributed by atoms with Gasteiger partial charge in [0.15, 0.2) is 0 Å². The highest BCUT2D eigenvalue weighted by atomic mass is 16.5. The van der Waals surface area contributed by atoms with E-state index in [9.17, 15) is 9.59 Å². The van der Waals surface area contributed by atoms with Crippen molar-refractivity contribution in [3.8, 4) is 0 Å². The smallest absolute Gasteiger partial charge is 0.305 e. The first kappa shape index (κ1) is 30.2. The predicted octanol–water partition coefficient (Wildman–Crippen LogP) is 3.83. The predicted molar refractivity (Wildman–Crippen MR) is 180 cm³/mol. The number of H-pyrrole nitrogens is 4. The van der Waals surface area contributed by atoms with Crippen LogP contribution in [0.15, 0.2) is 0 Å². The second kappa shape index (κ2) is 11.7. The standard InChI is InChI=1S/C38H44N4O4/c1-19-25(11-13-35(43)45-5)31-18-32-26(12-14-36(44)46-6)20(2)28(40-32)16-33-38(24-9-10-24)22(4)30(42-33)17-34-37(23-7-8-23)21(3)29(41-34)15-27(19)39-31/h15-18,23-24,39-42H,7-14H2,1-6H3. The summed E-state index contributed by atoms with van der Waals surface area (Å²) in [6.07, 6.45) is 15.5. The van der Waals surface area contributed by atoms with Gasteiger partial charge in [0.05, 0.1) is 14.2 Å². The fourth-order valence-electron chi connectivity index (χ4n) is 7.39. The molecule has 1 aliphatic heterocycles. The van der Waals surface area contributed by atoms with Gasteiger partial charge in [-0.15, -0.1) is 0 Å². The largest absolute Gasteiger partial charge is 0.469 e. The number of esters is 2. The van der Waals surface area contributed by atoms with Crippen molar-refractivity contribution >= 4 is 36.2 Å². The minimum atomic E-state index is -0.233. The molecule has 5 heterocycles. The van der Waals surface area contributed by atoms with Crippen LogP contribution >= 0.6 is 0 Å². The zero-order valence-corrected chi connectivity index (χ0v) is 27.8. The van der Waals surface area contributed by atoms with Crippen LogP contribution in [-0.2, 0) is 31.9 Å². The number of ether oxygens (including phenoxy) is 2. The fraction of sp³-hybridized carbons (Fsp3) is 0.421. The number of methoxy groups -OCH3 is 2.